The minimum Gasteiger partial charge on any atom is -0.368 e. The Bertz CT molecular complexity index is 699. The summed E-state index contributed by atoms with van der Waals surface area (Å²) in [5.41, 5.74) is 3.48. The summed E-state index contributed by atoms with van der Waals surface area (Å²) < 4.78 is 0. The Kier molecular flexibility index (Phi) is 8.14. The van der Waals surface area contributed by atoms with Gasteiger partial charge in [-0.25, -0.2) is 0 Å². The maximum atomic E-state index is 13.2. The molecule has 2 aliphatic rings. The fourth-order valence-electron chi connectivity index (χ4n) is 4.58. The van der Waals surface area contributed by atoms with E-state index in [-0.39, 0.29) is 11.8 Å². The van der Waals surface area contributed by atoms with Crippen LogP contribution < -0.4 is 15.5 Å². The van der Waals surface area contributed by atoms with Gasteiger partial charge in [0.1, 0.15) is 0 Å². The highest BCUT2D eigenvalue weighted by atomic mass is 16.1. The van der Waals surface area contributed by atoms with E-state index in [4.69, 9.17) is 0 Å². The Morgan fingerprint density at radius 2 is 1.62 bits per heavy atom. The summed E-state index contributed by atoms with van der Waals surface area (Å²) >= 11 is 0. The van der Waals surface area contributed by atoms with Crippen LogP contribution in [0.15, 0.2) is 25.6 Å². The predicted octanol–water partition coefficient (Wildman–Crippen LogP) is 5.96. The van der Waals surface area contributed by atoms with E-state index < -0.39 is 0 Å². The minimum absolute atomic E-state index is 0.0946. The summed E-state index contributed by atoms with van der Waals surface area (Å²) in [6.07, 6.45) is 18.1. The number of carbonyl (C=O) groups is 1. The quantitative estimate of drug-likeness (QED) is 0.623. The third-order valence-corrected chi connectivity index (χ3v) is 6.18. The van der Waals surface area contributed by atoms with Gasteiger partial charge in [0.2, 0.25) is 5.91 Å². The molecule has 29 heavy (non-hydrogen) atoms. The number of anilines is 3. The molecule has 1 saturated carbocycles. The van der Waals surface area contributed by atoms with Crippen molar-refractivity contribution in [3.63, 3.8) is 0 Å². The number of hydrogen-bond acceptors (Lipinski definition) is 4. The molecular weight excluding hydrogens is 360 g/mol. The summed E-state index contributed by atoms with van der Waals surface area (Å²) in [6, 6.07) is 0. The van der Waals surface area contributed by atoms with E-state index in [2.05, 4.69) is 33.7 Å². The number of piperidine rings is 1. The molecule has 2 heterocycles. The maximum absolute atomic E-state index is 13.2. The molecule has 2 fully saturated rings. The van der Waals surface area contributed by atoms with Crippen molar-refractivity contribution in [3.8, 4) is 0 Å². The lowest BCUT2D eigenvalue weighted by Gasteiger charge is -2.33. The first kappa shape index (κ1) is 21.4. The summed E-state index contributed by atoms with van der Waals surface area (Å²) in [5.74, 6) is 0.236. The lowest BCUT2D eigenvalue weighted by atomic mass is 9.96. The van der Waals surface area contributed by atoms with Crippen LogP contribution in [0.2, 0.25) is 0 Å². The van der Waals surface area contributed by atoms with E-state index in [0.29, 0.717) is 0 Å². The first-order chi connectivity index (χ1) is 14.2. The van der Waals surface area contributed by atoms with Crippen LogP contribution in [-0.2, 0) is 4.79 Å². The van der Waals surface area contributed by atoms with Gasteiger partial charge >= 0.3 is 0 Å². The molecule has 1 aromatic rings. The van der Waals surface area contributed by atoms with Gasteiger partial charge in [-0.3, -0.25) is 9.78 Å². The van der Waals surface area contributed by atoms with Crippen molar-refractivity contribution in [3.05, 3.63) is 31.2 Å². The van der Waals surface area contributed by atoms with Crippen LogP contribution in [0.1, 0.15) is 76.3 Å². The number of nitrogens with zero attached hydrogens (tertiary/aromatic N) is 2. The van der Waals surface area contributed by atoms with Gasteiger partial charge in [-0.1, -0.05) is 51.7 Å². The number of carbonyl (C=O) groups excluding carboxylic acids is 1. The minimum atomic E-state index is 0.0946. The van der Waals surface area contributed by atoms with Gasteiger partial charge in [-0.2, -0.15) is 0 Å². The first-order valence-corrected chi connectivity index (χ1v) is 11.3. The summed E-state index contributed by atoms with van der Waals surface area (Å²) in [6.45, 7) is 9.71. The zero-order valence-corrected chi connectivity index (χ0v) is 17.7. The van der Waals surface area contributed by atoms with Gasteiger partial charge in [-0.05, 0) is 44.4 Å². The first-order valence-electron chi connectivity index (χ1n) is 11.3. The van der Waals surface area contributed by atoms with Gasteiger partial charge in [-0.15, -0.1) is 0 Å². The number of pyridine rings is 1. The van der Waals surface area contributed by atoms with E-state index >= 15 is 0 Å². The van der Waals surface area contributed by atoms with E-state index in [1.54, 1.807) is 18.5 Å². The molecule has 1 aliphatic heterocycles. The van der Waals surface area contributed by atoms with Crippen molar-refractivity contribution in [2.45, 2.75) is 70.6 Å². The third-order valence-electron chi connectivity index (χ3n) is 6.18. The second-order valence-corrected chi connectivity index (χ2v) is 8.27. The predicted molar refractivity (Wildman–Crippen MR) is 123 cm³/mol. The van der Waals surface area contributed by atoms with Crippen molar-refractivity contribution in [1.82, 2.24) is 4.98 Å². The zero-order valence-electron chi connectivity index (χ0n) is 17.7. The fraction of sp³-hybridized carbons (Fsp3) is 0.583. The lowest BCUT2D eigenvalue weighted by molar-refractivity contribution is -0.120. The third kappa shape index (κ3) is 5.62. The van der Waals surface area contributed by atoms with Crippen molar-refractivity contribution in [1.29, 1.82) is 0 Å². The summed E-state index contributed by atoms with van der Waals surface area (Å²) in [7, 11) is 0. The fourth-order valence-corrected chi connectivity index (χ4v) is 4.58. The van der Waals surface area contributed by atoms with E-state index in [0.717, 1.165) is 74.4 Å². The summed E-state index contributed by atoms with van der Waals surface area (Å²) in [4.78, 5) is 20.1. The Hall–Kier alpha value is -2.30. The molecule has 2 N–H and O–H groups in total. The zero-order chi connectivity index (χ0) is 20.5. The van der Waals surface area contributed by atoms with Crippen LogP contribution in [0, 0.1) is 5.92 Å². The highest BCUT2D eigenvalue weighted by Gasteiger charge is 2.25. The average molecular weight is 397 g/mol. The molecule has 158 valence electrons. The second-order valence-electron chi connectivity index (χ2n) is 8.27. The molecule has 3 rings (SSSR count). The Morgan fingerprint density at radius 1 is 1.00 bits per heavy atom. The molecule has 0 unspecified atom stereocenters. The SMILES string of the molecule is C=CNc1c(C=C)ncc(NC(=O)C2CCCCCCCC2)c1N1CCCCC1. The standard InChI is InChI=1S/C24H36N4O/c1-3-20-22(25-4-2)23(28-16-12-9-13-17-28)21(18-26-20)27-24(29)19-14-10-7-5-6-8-11-15-19/h3-4,18-19,25H,1-2,5-17H2,(H,27,29). The number of hydrogen-bond donors (Lipinski definition) is 2. The van der Waals surface area contributed by atoms with Gasteiger partial charge in [0.15, 0.2) is 0 Å². The van der Waals surface area contributed by atoms with Crippen LogP contribution in [-0.4, -0.2) is 24.0 Å². The number of nitrogens with one attached hydrogen (secondary N) is 2. The lowest BCUT2D eigenvalue weighted by Crippen LogP contribution is -2.32. The molecule has 5 heteroatoms. The topological polar surface area (TPSA) is 57.3 Å². The Morgan fingerprint density at radius 3 is 2.24 bits per heavy atom. The van der Waals surface area contributed by atoms with Crippen LogP contribution in [0.3, 0.4) is 0 Å². The highest BCUT2D eigenvalue weighted by Crippen LogP contribution is 2.38. The monoisotopic (exact) mass is 396 g/mol. The van der Waals surface area contributed by atoms with Crippen molar-refractivity contribution >= 4 is 29.0 Å². The van der Waals surface area contributed by atoms with E-state index in [1.165, 1.54) is 32.1 Å². The number of aromatic nitrogens is 1. The molecule has 1 amide bonds. The van der Waals surface area contributed by atoms with E-state index in [1.807, 2.05) is 0 Å². The number of rotatable bonds is 6. The largest absolute Gasteiger partial charge is 0.368 e. The molecule has 0 spiro atoms. The van der Waals surface area contributed by atoms with Crippen molar-refractivity contribution in [2.75, 3.05) is 28.6 Å². The molecule has 0 atom stereocenters. The second kappa shape index (κ2) is 11.0. The smallest absolute Gasteiger partial charge is 0.227 e. The Labute approximate surface area is 175 Å². The van der Waals surface area contributed by atoms with Gasteiger partial charge in [0.25, 0.3) is 0 Å². The normalized spacial score (nSPS) is 18.8. The van der Waals surface area contributed by atoms with Crippen LogP contribution >= 0.6 is 0 Å². The molecule has 1 aliphatic carbocycles. The maximum Gasteiger partial charge on any atom is 0.227 e. The summed E-state index contributed by atoms with van der Waals surface area (Å²) in [5, 5.41) is 6.49. The van der Waals surface area contributed by atoms with Crippen LogP contribution in [0.4, 0.5) is 17.1 Å². The van der Waals surface area contributed by atoms with Crippen molar-refractivity contribution in [2.24, 2.45) is 5.92 Å². The van der Waals surface area contributed by atoms with Crippen LogP contribution in [0.5, 0.6) is 0 Å². The van der Waals surface area contributed by atoms with E-state index in [9.17, 15) is 4.79 Å². The molecule has 0 bridgehead atoms. The van der Waals surface area contributed by atoms with Gasteiger partial charge in [0.05, 0.1) is 29.0 Å². The highest BCUT2D eigenvalue weighted by molar-refractivity contribution is 5.99. The average Bonchev–Trinajstić information content (AvgIpc) is 2.89. The molecule has 1 saturated heterocycles. The van der Waals surface area contributed by atoms with Crippen molar-refractivity contribution < 1.29 is 4.79 Å². The molecule has 5 nitrogen and oxygen atoms in total. The van der Waals surface area contributed by atoms with Gasteiger partial charge in [0, 0.05) is 19.0 Å². The molecule has 1 aromatic heterocycles. The van der Waals surface area contributed by atoms with Gasteiger partial charge < -0.3 is 15.5 Å². The van der Waals surface area contributed by atoms with Crippen LogP contribution in [0.25, 0.3) is 6.08 Å². The molecule has 0 radical (unpaired) electrons. The number of amides is 1. The Balaban J connectivity index is 1.88. The molecular formula is C24H36N4O. The molecule has 0 aromatic carbocycles.